The summed E-state index contributed by atoms with van der Waals surface area (Å²) in [7, 11) is -0.413. The largest absolute Gasteiger partial charge is 0.554 e. The van der Waals surface area contributed by atoms with Gasteiger partial charge in [0.25, 0.3) is 0 Å². The normalized spacial score (nSPS) is 12.7. The molecule has 0 aromatic heterocycles. The van der Waals surface area contributed by atoms with Gasteiger partial charge in [-0.05, 0) is 25.2 Å². The minimum atomic E-state index is -0.413. The van der Waals surface area contributed by atoms with E-state index < -0.39 is 7.12 Å². The number of hydrogen-bond donors (Lipinski definition) is 0. The monoisotopic (exact) mass is 262 g/mol. The molecular weight excluding hydrogens is 235 g/mol. The first-order chi connectivity index (χ1) is 9.28. The lowest BCUT2D eigenvalue weighted by Crippen LogP contribution is -2.24. The molecule has 0 heterocycles. The third-order valence-electron chi connectivity index (χ3n) is 2.47. The summed E-state index contributed by atoms with van der Waals surface area (Å²) in [5.74, 6) is 1.67. The van der Waals surface area contributed by atoms with Crippen LogP contribution < -0.4 is 0 Å². The Balaban J connectivity index is 4.26. The Morgan fingerprint density at radius 1 is 1.11 bits per heavy atom. The average Bonchev–Trinajstić information content (AvgIpc) is 2.42. The second-order valence-corrected chi connectivity index (χ2v) is 4.32. The second kappa shape index (κ2) is 13.2. The van der Waals surface area contributed by atoms with Gasteiger partial charge in [-0.3, -0.25) is 0 Å². The molecule has 0 aliphatic heterocycles. The van der Waals surface area contributed by atoms with E-state index in [1.54, 1.807) is 12.2 Å². The number of unbranched alkanes of at least 4 members (excludes halogenated alkanes) is 2. The average molecular weight is 262 g/mol. The van der Waals surface area contributed by atoms with Crippen molar-refractivity contribution in [3.8, 4) is 0 Å². The molecule has 0 fully saturated rings. The Kier molecular flexibility index (Phi) is 12.4. The first-order valence-electron chi connectivity index (χ1n) is 7.14. The molecule has 0 rings (SSSR count). The lowest BCUT2D eigenvalue weighted by molar-refractivity contribution is 0.207. The third kappa shape index (κ3) is 10.4. The summed E-state index contributed by atoms with van der Waals surface area (Å²) < 4.78 is 11.3. The lowest BCUT2D eigenvalue weighted by Gasteiger charge is -2.16. The van der Waals surface area contributed by atoms with E-state index >= 15 is 0 Å². The molecule has 0 aromatic rings. The lowest BCUT2D eigenvalue weighted by atomic mass is 9.90. The van der Waals surface area contributed by atoms with Crippen LogP contribution >= 0.6 is 0 Å². The Morgan fingerprint density at radius 3 is 2.37 bits per heavy atom. The second-order valence-electron chi connectivity index (χ2n) is 4.32. The van der Waals surface area contributed by atoms with Crippen LogP contribution in [0.2, 0.25) is 0 Å². The zero-order valence-electron chi connectivity index (χ0n) is 12.4. The molecule has 0 saturated heterocycles. The van der Waals surface area contributed by atoms with E-state index in [0.29, 0.717) is 0 Å². The molecule has 19 heavy (non-hydrogen) atoms. The molecule has 106 valence electrons. The van der Waals surface area contributed by atoms with Crippen molar-refractivity contribution in [2.24, 2.45) is 0 Å². The van der Waals surface area contributed by atoms with Crippen LogP contribution in [0.5, 0.6) is 0 Å². The van der Waals surface area contributed by atoms with Crippen LogP contribution in [0.25, 0.3) is 0 Å². The van der Waals surface area contributed by atoms with Gasteiger partial charge in [-0.1, -0.05) is 51.0 Å². The molecule has 0 aliphatic carbocycles. The Hall–Kier alpha value is -1.22. The van der Waals surface area contributed by atoms with Gasteiger partial charge in [0.1, 0.15) is 0 Å². The zero-order chi connectivity index (χ0) is 14.3. The van der Waals surface area contributed by atoms with Crippen LogP contribution in [0.4, 0.5) is 0 Å². The third-order valence-corrected chi connectivity index (χ3v) is 2.47. The molecule has 1 unspecified atom stereocenters. The van der Waals surface area contributed by atoms with Crippen molar-refractivity contribution in [3.63, 3.8) is 0 Å². The maximum Gasteiger partial charge on any atom is 0.554 e. The van der Waals surface area contributed by atoms with Gasteiger partial charge in [-0.2, -0.15) is 0 Å². The highest BCUT2D eigenvalue weighted by Gasteiger charge is 2.17. The predicted octanol–water partition coefficient (Wildman–Crippen LogP) is 4.85. The summed E-state index contributed by atoms with van der Waals surface area (Å²) in [6, 6.07) is 0. The molecule has 0 radical (unpaired) electrons. The molecule has 3 heteroatoms. The fraction of sp³-hybridized carbons (Fsp3) is 0.500. The molecular formula is C16H27BO2. The van der Waals surface area contributed by atoms with Crippen LogP contribution in [-0.4, -0.2) is 13.2 Å². The predicted molar refractivity (Wildman–Crippen MR) is 84.8 cm³/mol. The maximum absolute atomic E-state index is 5.82. The van der Waals surface area contributed by atoms with Crippen LogP contribution in [0, 0.1) is 0 Å². The number of allylic oxidation sites excluding steroid dienone is 2. The molecule has 0 bridgehead atoms. The van der Waals surface area contributed by atoms with Gasteiger partial charge in [-0.25, -0.2) is 0 Å². The molecule has 0 amide bonds. The van der Waals surface area contributed by atoms with Gasteiger partial charge in [0, 0.05) is 0 Å². The van der Waals surface area contributed by atoms with Crippen LogP contribution in [0.1, 0.15) is 46.0 Å². The summed E-state index contributed by atoms with van der Waals surface area (Å²) in [6.07, 6.45) is 14.8. The van der Waals surface area contributed by atoms with Crippen molar-refractivity contribution in [2.45, 2.75) is 52.1 Å². The van der Waals surface area contributed by atoms with Crippen molar-refractivity contribution < 1.29 is 9.31 Å². The summed E-state index contributed by atoms with van der Waals surface area (Å²) in [6.45, 7) is 11.8. The van der Waals surface area contributed by atoms with Crippen LogP contribution in [-0.2, 0) is 9.31 Å². The van der Waals surface area contributed by atoms with Crippen molar-refractivity contribution in [1.29, 1.82) is 0 Å². The van der Waals surface area contributed by atoms with Gasteiger partial charge in [0.05, 0.1) is 12.4 Å². The van der Waals surface area contributed by atoms with E-state index in [4.69, 9.17) is 9.31 Å². The molecule has 0 saturated carbocycles. The number of rotatable bonds is 12. The summed E-state index contributed by atoms with van der Waals surface area (Å²) in [5.41, 5.74) is 0. The summed E-state index contributed by atoms with van der Waals surface area (Å²) in [4.78, 5) is 0. The molecule has 0 aliphatic rings. The highest BCUT2D eigenvalue weighted by atomic mass is 16.6. The van der Waals surface area contributed by atoms with E-state index in [0.717, 1.165) is 32.1 Å². The minimum absolute atomic E-state index is 0.00775. The van der Waals surface area contributed by atoms with Crippen molar-refractivity contribution in [2.75, 3.05) is 0 Å². The van der Waals surface area contributed by atoms with E-state index in [1.165, 1.54) is 0 Å². The molecule has 0 spiro atoms. The standard InChI is InChI=1S/C16H27BO2/c1-5-9-11-14-16(13-7-3)19-17(8-4)18-15-12-10-6-2/h7-8,11-12,14-16H,3-6,9-10,13H2,1-2H3/b14-11+,15-12+. The first-order valence-corrected chi connectivity index (χ1v) is 7.14. The SMILES string of the molecule is C=CCC(/C=C/CCC)OB(C=C)O/C=C/CCC. The van der Waals surface area contributed by atoms with E-state index in [-0.39, 0.29) is 6.10 Å². The fourth-order valence-corrected chi connectivity index (χ4v) is 1.44. The van der Waals surface area contributed by atoms with Crippen molar-refractivity contribution in [1.82, 2.24) is 0 Å². The molecule has 1 atom stereocenters. The maximum atomic E-state index is 5.82. The van der Waals surface area contributed by atoms with E-state index in [9.17, 15) is 0 Å². The van der Waals surface area contributed by atoms with E-state index in [2.05, 4.69) is 39.2 Å². The minimum Gasteiger partial charge on any atom is -0.539 e. The Bertz CT molecular complexity index is 284. The van der Waals surface area contributed by atoms with Gasteiger partial charge >= 0.3 is 7.12 Å². The highest BCUT2D eigenvalue weighted by Crippen LogP contribution is 2.07. The van der Waals surface area contributed by atoms with Gasteiger partial charge in [0.15, 0.2) is 0 Å². The van der Waals surface area contributed by atoms with Crippen LogP contribution in [0.15, 0.2) is 49.7 Å². The molecule has 0 N–H and O–H groups in total. The van der Waals surface area contributed by atoms with Gasteiger partial charge < -0.3 is 9.31 Å². The quantitative estimate of drug-likeness (QED) is 0.284. The first kappa shape index (κ1) is 17.8. The highest BCUT2D eigenvalue weighted by molar-refractivity contribution is 6.50. The Labute approximate surface area is 119 Å². The fourth-order valence-electron chi connectivity index (χ4n) is 1.44. The van der Waals surface area contributed by atoms with Gasteiger partial charge in [-0.15, -0.1) is 13.2 Å². The van der Waals surface area contributed by atoms with E-state index in [1.807, 2.05) is 12.2 Å². The number of hydrogen-bond acceptors (Lipinski definition) is 2. The molecule has 2 nitrogen and oxygen atoms in total. The topological polar surface area (TPSA) is 18.5 Å². The summed E-state index contributed by atoms with van der Waals surface area (Å²) in [5, 5.41) is 0. The summed E-state index contributed by atoms with van der Waals surface area (Å²) >= 11 is 0. The Morgan fingerprint density at radius 2 is 1.79 bits per heavy atom. The van der Waals surface area contributed by atoms with Crippen molar-refractivity contribution in [3.05, 3.63) is 49.7 Å². The molecule has 0 aromatic carbocycles. The van der Waals surface area contributed by atoms with Gasteiger partial charge in [0.2, 0.25) is 0 Å². The van der Waals surface area contributed by atoms with Crippen LogP contribution in [0.3, 0.4) is 0 Å². The zero-order valence-corrected chi connectivity index (χ0v) is 12.4. The smallest absolute Gasteiger partial charge is 0.539 e. The van der Waals surface area contributed by atoms with Crippen molar-refractivity contribution >= 4 is 7.12 Å².